The summed E-state index contributed by atoms with van der Waals surface area (Å²) in [4.78, 5) is 0. The number of benzene rings is 1. The lowest BCUT2D eigenvalue weighted by molar-refractivity contribution is 0.544. The third-order valence-corrected chi connectivity index (χ3v) is 3.57. The summed E-state index contributed by atoms with van der Waals surface area (Å²) in [6.45, 7) is 3.89. The Hall–Kier alpha value is -1.51. The van der Waals surface area contributed by atoms with Gasteiger partial charge in [-0.2, -0.15) is 13.1 Å². The average Bonchev–Trinajstić information content (AvgIpc) is 2.35. The molecule has 0 unspecified atom stereocenters. The van der Waals surface area contributed by atoms with Crippen LogP contribution in [0.15, 0.2) is 18.2 Å². The predicted octanol–water partition coefficient (Wildman–Crippen LogP) is 0.690. The number of nitrogens with one attached hydrogen (secondary N) is 3. The lowest BCUT2D eigenvalue weighted by atomic mass is 10.1. The molecular formula is C12H19FN4O2S. The molecule has 0 radical (unpaired) electrons. The second kappa shape index (κ2) is 6.78. The van der Waals surface area contributed by atoms with Gasteiger partial charge in [0.1, 0.15) is 11.7 Å². The molecule has 0 aliphatic rings. The van der Waals surface area contributed by atoms with Crippen molar-refractivity contribution in [3.63, 3.8) is 0 Å². The van der Waals surface area contributed by atoms with Crippen molar-refractivity contribution in [1.82, 2.24) is 9.44 Å². The van der Waals surface area contributed by atoms with Crippen LogP contribution in [0.3, 0.4) is 0 Å². The molecule has 0 aliphatic carbocycles. The summed E-state index contributed by atoms with van der Waals surface area (Å²) in [6.07, 6.45) is 0. The van der Waals surface area contributed by atoms with E-state index in [9.17, 15) is 12.8 Å². The lowest BCUT2D eigenvalue weighted by Gasteiger charge is -2.11. The summed E-state index contributed by atoms with van der Waals surface area (Å²) in [5, 5.41) is 7.19. The van der Waals surface area contributed by atoms with E-state index in [1.54, 1.807) is 0 Å². The van der Waals surface area contributed by atoms with Gasteiger partial charge in [0.05, 0.1) is 0 Å². The number of hydrogen-bond acceptors (Lipinski definition) is 3. The van der Waals surface area contributed by atoms with E-state index in [1.807, 2.05) is 13.8 Å². The van der Waals surface area contributed by atoms with Crippen LogP contribution in [0.2, 0.25) is 0 Å². The minimum Gasteiger partial charge on any atom is -0.384 e. The first kappa shape index (κ1) is 16.5. The molecule has 1 rings (SSSR count). The van der Waals surface area contributed by atoms with E-state index in [0.717, 1.165) is 6.07 Å². The van der Waals surface area contributed by atoms with Gasteiger partial charge in [0.15, 0.2) is 0 Å². The zero-order chi connectivity index (χ0) is 15.3. The SMILES string of the molecule is CC(C)CNS(=O)(=O)NCc1ccc(C(=N)N)cc1F. The van der Waals surface area contributed by atoms with E-state index in [-0.39, 0.29) is 29.4 Å². The summed E-state index contributed by atoms with van der Waals surface area (Å²) in [6, 6.07) is 3.97. The minimum absolute atomic E-state index is 0.169. The number of nitrogen functional groups attached to an aromatic ring is 1. The smallest absolute Gasteiger partial charge is 0.277 e. The van der Waals surface area contributed by atoms with E-state index < -0.39 is 16.0 Å². The average molecular weight is 302 g/mol. The molecule has 0 fully saturated rings. The molecule has 6 nitrogen and oxygen atoms in total. The van der Waals surface area contributed by atoms with Crippen molar-refractivity contribution >= 4 is 16.0 Å². The van der Waals surface area contributed by atoms with E-state index in [4.69, 9.17) is 11.1 Å². The molecule has 0 aliphatic heterocycles. The number of halogens is 1. The molecule has 8 heteroatoms. The molecule has 0 atom stereocenters. The van der Waals surface area contributed by atoms with E-state index in [0.29, 0.717) is 6.54 Å². The van der Waals surface area contributed by atoms with E-state index in [1.165, 1.54) is 12.1 Å². The van der Waals surface area contributed by atoms with Crippen molar-refractivity contribution in [2.24, 2.45) is 11.7 Å². The molecule has 0 heterocycles. The zero-order valence-corrected chi connectivity index (χ0v) is 12.2. The van der Waals surface area contributed by atoms with Gasteiger partial charge >= 0.3 is 0 Å². The van der Waals surface area contributed by atoms with Gasteiger partial charge in [-0.15, -0.1) is 0 Å². The Morgan fingerprint density at radius 1 is 1.40 bits per heavy atom. The lowest BCUT2D eigenvalue weighted by Crippen LogP contribution is -2.38. The van der Waals surface area contributed by atoms with E-state index in [2.05, 4.69) is 9.44 Å². The van der Waals surface area contributed by atoms with Crippen LogP contribution >= 0.6 is 0 Å². The molecule has 1 aromatic carbocycles. The van der Waals surface area contributed by atoms with Crippen LogP contribution in [0.5, 0.6) is 0 Å². The maximum absolute atomic E-state index is 13.7. The third kappa shape index (κ3) is 5.24. The second-order valence-electron chi connectivity index (χ2n) is 4.79. The summed E-state index contributed by atoms with van der Waals surface area (Å²) in [5.74, 6) is -0.669. The van der Waals surface area contributed by atoms with Gasteiger partial charge < -0.3 is 5.73 Å². The Morgan fingerprint density at radius 3 is 2.55 bits per heavy atom. The maximum atomic E-state index is 13.7. The standard InChI is InChI=1S/C12H19FN4O2S/c1-8(2)6-16-20(18,19)17-7-10-4-3-9(12(14)15)5-11(10)13/h3-5,8,16-17H,6-7H2,1-2H3,(H3,14,15). The first-order chi connectivity index (χ1) is 9.21. The summed E-state index contributed by atoms with van der Waals surface area (Å²) in [5.41, 5.74) is 5.68. The highest BCUT2D eigenvalue weighted by Gasteiger charge is 2.12. The molecule has 0 saturated heterocycles. The second-order valence-corrected chi connectivity index (χ2v) is 6.37. The van der Waals surface area contributed by atoms with Gasteiger partial charge in [0.2, 0.25) is 0 Å². The van der Waals surface area contributed by atoms with Crippen molar-refractivity contribution in [3.8, 4) is 0 Å². The zero-order valence-electron chi connectivity index (χ0n) is 11.4. The number of hydrogen-bond donors (Lipinski definition) is 4. The Kier molecular flexibility index (Phi) is 5.61. The van der Waals surface area contributed by atoms with Crippen LogP contribution < -0.4 is 15.2 Å². The molecule has 112 valence electrons. The van der Waals surface area contributed by atoms with Crippen LogP contribution in [0.1, 0.15) is 25.0 Å². The van der Waals surface area contributed by atoms with Crippen LogP contribution in [0.4, 0.5) is 4.39 Å². The third-order valence-electron chi connectivity index (χ3n) is 2.50. The van der Waals surface area contributed by atoms with Crippen LogP contribution in [-0.4, -0.2) is 20.8 Å². The van der Waals surface area contributed by atoms with Crippen molar-refractivity contribution in [1.29, 1.82) is 5.41 Å². The fourth-order valence-electron chi connectivity index (χ4n) is 1.36. The van der Waals surface area contributed by atoms with Crippen molar-refractivity contribution in [2.75, 3.05) is 6.54 Å². The van der Waals surface area contributed by atoms with Crippen molar-refractivity contribution in [2.45, 2.75) is 20.4 Å². The fourth-order valence-corrected chi connectivity index (χ4v) is 2.36. The Morgan fingerprint density at radius 2 is 2.05 bits per heavy atom. The number of amidine groups is 1. The van der Waals surface area contributed by atoms with Crippen LogP contribution in [0, 0.1) is 17.1 Å². The van der Waals surface area contributed by atoms with Crippen molar-refractivity contribution < 1.29 is 12.8 Å². The Balaban J connectivity index is 2.68. The maximum Gasteiger partial charge on any atom is 0.277 e. The van der Waals surface area contributed by atoms with Gasteiger partial charge in [0, 0.05) is 24.2 Å². The largest absolute Gasteiger partial charge is 0.384 e. The van der Waals surface area contributed by atoms with E-state index >= 15 is 0 Å². The highest BCUT2D eigenvalue weighted by molar-refractivity contribution is 7.87. The summed E-state index contributed by atoms with van der Waals surface area (Å²) >= 11 is 0. The van der Waals surface area contributed by atoms with Gasteiger partial charge in [-0.25, -0.2) is 9.11 Å². The fraction of sp³-hybridized carbons (Fsp3) is 0.417. The molecule has 1 aromatic rings. The topological polar surface area (TPSA) is 108 Å². The van der Waals surface area contributed by atoms with Gasteiger partial charge in [-0.3, -0.25) is 5.41 Å². The summed E-state index contributed by atoms with van der Waals surface area (Å²) < 4.78 is 41.5. The number of nitrogens with two attached hydrogens (primary N) is 1. The molecule has 5 N–H and O–H groups in total. The molecule has 0 spiro atoms. The predicted molar refractivity (Wildman–Crippen MR) is 76.0 cm³/mol. The van der Waals surface area contributed by atoms with Gasteiger partial charge in [-0.1, -0.05) is 26.0 Å². The Labute approximate surface area is 118 Å². The molecule has 0 aromatic heterocycles. The highest BCUT2D eigenvalue weighted by Crippen LogP contribution is 2.10. The first-order valence-corrected chi connectivity index (χ1v) is 7.56. The normalized spacial score (nSPS) is 11.8. The molecule has 0 amide bonds. The van der Waals surface area contributed by atoms with Crippen molar-refractivity contribution in [3.05, 3.63) is 35.1 Å². The molecular weight excluding hydrogens is 283 g/mol. The highest BCUT2D eigenvalue weighted by atomic mass is 32.2. The quantitative estimate of drug-likeness (QED) is 0.439. The minimum atomic E-state index is -3.65. The first-order valence-electron chi connectivity index (χ1n) is 6.08. The van der Waals surface area contributed by atoms with Gasteiger partial charge in [-0.05, 0) is 12.0 Å². The Bertz CT molecular complexity index is 587. The summed E-state index contributed by atoms with van der Waals surface area (Å²) in [7, 11) is -3.65. The molecule has 0 bridgehead atoms. The molecule has 0 saturated carbocycles. The van der Waals surface area contributed by atoms with Crippen LogP contribution in [-0.2, 0) is 16.8 Å². The van der Waals surface area contributed by atoms with Crippen LogP contribution in [0.25, 0.3) is 0 Å². The van der Waals surface area contributed by atoms with Gasteiger partial charge in [0.25, 0.3) is 10.2 Å². The monoisotopic (exact) mass is 302 g/mol. The number of rotatable bonds is 7. The molecule has 20 heavy (non-hydrogen) atoms.